The quantitative estimate of drug-likeness (QED) is 0.162. The highest BCUT2D eigenvalue weighted by atomic mass is 35.5. The van der Waals surface area contributed by atoms with Gasteiger partial charge in [-0.1, -0.05) is 23.2 Å². The average molecular weight is 474 g/mol. The summed E-state index contributed by atoms with van der Waals surface area (Å²) in [7, 11) is 0. The number of nitrogens with zero attached hydrogens (tertiary/aromatic N) is 2. The number of benzene rings is 2. The number of piperidine rings is 1. The molecule has 0 bridgehead atoms. The summed E-state index contributed by atoms with van der Waals surface area (Å²) in [4.78, 5) is 26.2. The first-order valence-corrected chi connectivity index (χ1v) is 11.1. The van der Waals surface area contributed by atoms with Gasteiger partial charge in [-0.25, -0.2) is 0 Å². The molecule has 10 heteroatoms. The number of amidine groups is 1. The molecule has 1 aliphatic rings. The number of nitrogens with two attached hydrogens (primary N) is 1. The summed E-state index contributed by atoms with van der Waals surface area (Å²) >= 11 is 6.16. The van der Waals surface area contributed by atoms with Crippen molar-refractivity contribution in [3.8, 4) is 0 Å². The highest BCUT2D eigenvalue weighted by Crippen LogP contribution is 2.24. The van der Waals surface area contributed by atoms with E-state index in [1.165, 1.54) is 0 Å². The Hall–Kier alpha value is -3.30. The molecule has 0 saturated carbocycles. The number of carbonyl (C=O) groups excluding carboxylic acids is 1. The molecule has 1 saturated heterocycles. The highest BCUT2D eigenvalue weighted by molar-refractivity contribution is 6.31. The highest BCUT2D eigenvalue weighted by Gasteiger charge is 2.23. The number of hydrogen-bond acceptors (Lipinski definition) is 6. The molecule has 1 aliphatic heterocycles. The molecule has 0 aromatic heterocycles. The predicted octanol–water partition coefficient (Wildman–Crippen LogP) is 3.43. The van der Waals surface area contributed by atoms with Crippen LogP contribution < -0.4 is 16.4 Å². The van der Waals surface area contributed by atoms with Gasteiger partial charge >= 0.3 is 5.97 Å². The van der Waals surface area contributed by atoms with E-state index in [-0.39, 0.29) is 24.2 Å². The van der Waals surface area contributed by atoms with Gasteiger partial charge in [0.25, 0.3) is 5.91 Å². The van der Waals surface area contributed by atoms with E-state index in [2.05, 4.69) is 20.7 Å². The van der Waals surface area contributed by atoms with Gasteiger partial charge in [0.05, 0.1) is 12.0 Å². The third-order valence-electron chi connectivity index (χ3n) is 5.66. The van der Waals surface area contributed by atoms with Crippen molar-refractivity contribution in [3.63, 3.8) is 0 Å². The lowest BCUT2D eigenvalue weighted by Crippen LogP contribution is -2.44. The lowest BCUT2D eigenvalue weighted by atomic mass is 10.0. The normalized spacial score (nSPS) is 16.9. The van der Waals surface area contributed by atoms with Crippen LogP contribution in [0.1, 0.15) is 41.6 Å². The number of carboxylic acids is 1. The number of oxime groups is 1. The maximum atomic E-state index is 13.0. The van der Waals surface area contributed by atoms with Crippen LogP contribution in [0, 0.1) is 0 Å². The van der Waals surface area contributed by atoms with Crippen LogP contribution >= 0.6 is 11.6 Å². The molecule has 0 spiro atoms. The van der Waals surface area contributed by atoms with Gasteiger partial charge in [0, 0.05) is 41.1 Å². The van der Waals surface area contributed by atoms with Gasteiger partial charge in [-0.15, -0.1) is 0 Å². The van der Waals surface area contributed by atoms with E-state index in [0.717, 1.165) is 25.8 Å². The molecule has 0 aliphatic carbocycles. The fourth-order valence-electron chi connectivity index (χ4n) is 3.89. The number of anilines is 2. The Bertz CT molecular complexity index is 1010. The zero-order valence-corrected chi connectivity index (χ0v) is 18.9. The lowest BCUT2D eigenvalue weighted by molar-refractivity contribution is -0.137. The molecular weight excluding hydrogens is 446 g/mol. The van der Waals surface area contributed by atoms with Crippen LogP contribution in [0.2, 0.25) is 5.02 Å². The summed E-state index contributed by atoms with van der Waals surface area (Å²) in [5.41, 5.74) is 7.69. The summed E-state index contributed by atoms with van der Waals surface area (Å²) in [5, 5.41) is 27.4. The first kappa shape index (κ1) is 24.3. The number of nitrogens with one attached hydrogen (secondary N) is 2. The Morgan fingerprint density at radius 3 is 2.64 bits per heavy atom. The minimum Gasteiger partial charge on any atom is -0.481 e. The fourth-order valence-corrected chi connectivity index (χ4v) is 4.06. The van der Waals surface area contributed by atoms with E-state index >= 15 is 0 Å². The smallest absolute Gasteiger partial charge is 0.304 e. The first-order chi connectivity index (χ1) is 15.9. The third-order valence-corrected chi connectivity index (χ3v) is 5.90. The molecule has 2 aromatic rings. The minimum absolute atomic E-state index is 0.0192. The van der Waals surface area contributed by atoms with Crippen LogP contribution in [0.25, 0.3) is 0 Å². The van der Waals surface area contributed by atoms with Crippen molar-refractivity contribution in [2.45, 2.75) is 31.7 Å². The van der Waals surface area contributed by atoms with Crippen molar-refractivity contribution < 1.29 is 19.9 Å². The van der Waals surface area contributed by atoms with Gasteiger partial charge in [-0.3, -0.25) is 14.5 Å². The molecule has 1 heterocycles. The summed E-state index contributed by atoms with van der Waals surface area (Å²) in [6, 6.07) is 11.9. The van der Waals surface area contributed by atoms with E-state index in [9.17, 15) is 9.59 Å². The number of halogens is 1. The SMILES string of the molecule is N/C(=N\O)c1ccc(NC(=O)c2cc(Cl)ccc2NCC2CCCCN2CCC(=O)O)cc1. The summed E-state index contributed by atoms with van der Waals surface area (Å²) in [6.45, 7) is 1.97. The number of amides is 1. The molecule has 1 unspecified atom stereocenters. The van der Waals surface area contributed by atoms with Gasteiger partial charge in [-0.05, 0) is 61.9 Å². The second-order valence-corrected chi connectivity index (χ2v) is 8.35. The number of carboxylic acid groups (broad SMARTS) is 1. The number of hydrogen-bond donors (Lipinski definition) is 5. The van der Waals surface area contributed by atoms with Crippen molar-refractivity contribution >= 4 is 40.7 Å². The zero-order valence-electron chi connectivity index (χ0n) is 18.1. The molecule has 6 N–H and O–H groups in total. The Kier molecular flexibility index (Phi) is 8.51. The molecule has 1 atom stereocenters. The Morgan fingerprint density at radius 2 is 1.94 bits per heavy atom. The third kappa shape index (κ3) is 6.84. The maximum Gasteiger partial charge on any atom is 0.304 e. The van der Waals surface area contributed by atoms with E-state index in [0.29, 0.717) is 40.6 Å². The van der Waals surface area contributed by atoms with E-state index in [1.54, 1.807) is 42.5 Å². The first-order valence-electron chi connectivity index (χ1n) is 10.8. The number of likely N-dealkylation sites (tertiary alicyclic amines) is 1. The summed E-state index contributed by atoms with van der Waals surface area (Å²) in [5.74, 6) is -1.15. The van der Waals surface area contributed by atoms with E-state index in [1.807, 2.05) is 0 Å². The van der Waals surface area contributed by atoms with Gasteiger partial charge in [0.2, 0.25) is 0 Å². The van der Waals surface area contributed by atoms with Gasteiger partial charge in [0.15, 0.2) is 5.84 Å². The van der Waals surface area contributed by atoms with Crippen LogP contribution in [-0.4, -0.2) is 58.6 Å². The summed E-state index contributed by atoms with van der Waals surface area (Å²) < 4.78 is 0. The second-order valence-electron chi connectivity index (χ2n) is 7.92. The van der Waals surface area contributed by atoms with Crippen molar-refractivity contribution in [1.29, 1.82) is 0 Å². The van der Waals surface area contributed by atoms with Crippen LogP contribution in [-0.2, 0) is 4.79 Å². The molecule has 9 nitrogen and oxygen atoms in total. The summed E-state index contributed by atoms with van der Waals surface area (Å²) in [6.07, 6.45) is 3.22. The predicted molar refractivity (Wildman–Crippen MR) is 128 cm³/mol. The maximum absolute atomic E-state index is 13.0. The van der Waals surface area contributed by atoms with Crippen molar-refractivity contribution in [3.05, 3.63) is 58.6 Å². The van der Waals surface area contributed by atoms with Crippen molar-refractivity contribution in [2.75, 3.05) is 30.3 Å². The topological polar surface area (TPSA) is 140 Å². The number of rotatable bonds is 9. The van der Waals surface area contributed by atoms with Crippen LogP contribution in [0.15, 0.2) is 47.6 Å². The molecule has 176 valence electrons. The monoisotopic (exact) mass is 473 g/mol. The minimum atomic E-state index is -0.802. The second kappa shape index (κ2) is 11.5. The number of carbonyl (C=O) groups is 2. The molecule has 2 aromatic carbocycles. The Labute approximate surface area is 197 Å². The standard InChI is InChI=1S/C23H28ClN5O4/c24-16-6-9-20(26-14-18-3-1-2-11-29(18)12-10-21(30)31)19(13-16)23(32)27-17-7-4-15(5-8-17)22(25)28-33/h4-9,13,18,26,33H,1-3,10-12,14H2,(H2,25,28)(H,27,32)(H,30,31). The van der Waals surface area contributed by atoms with Gasteiger partial charge < -0.3 is 26.7 Å². The molecule has 1 amide bonds. The molecule has 1 fully saturated rings. The average Bonchev–Trinajstić information content (AvgIpc) is 2.82. The van der Waals surface area contributed by atoms with Gasteiger partial charge in [0.1, 0.15) is 0 Å². The Balaban J connectivity index is 1.69. The zero-order chi connectivity index (χ0) is 23.8. The van der Waals surface area contributed by atoms with Gasteiger partial charge in [-0.2, -0.15) is 0 Å². The largest absolute Gasteiger partial charge is 0.481 e. The van der Waals surface area contributed by atoms with Crippen LogP contribution in [0.4, 0.5) is 11.4 Å². The van der Waals surface area contributed by atoms with Crippen molar-refractivity contribution in [1.82, 2.24) is 4.90 Å². The van der Waals surface area contributed by atoms with Crippen molar-refractivity contribution in [2.24, 2.45) is 10.9 Å². The van der Waals surface area contributed by atoms with E-state index < -0.39 is 5.97 Å². The fraction of sp³-hybridized carbons (Fsp3) is 0.348. The Morgan fingerprint density at radius 1 is 1.18 bits per heavy atom. The molecule has 33 heavy (non-hydrogen) atoms. The van der Waals surface area contributed by atoms with Crippen LogP contribution in [0.5, 0.6) is 0 Å². The van der Waals surface area contributed by atoms with E-state index in [4.69, 9.17) is 27.6 Å². The number of aliphatic carboxylic acids is 1. The lowest BCUT2D eigenvalue weighted by Gasteiger charge is -2.35. The molecule has 0 radical (unpaired) electrons. The molecule has 3 rings (SSSR count). The van der Waals surface area contributed by atoms with Crippen LogP contribution in [0.3, 0.4) is 0 Å². The molecular formula is C23H28ClN5O4.